The van der Waals surface area contributed by atoms with E-state index in [2.05, 4.69) is 5.32 Å². The summed E-state index contributed by atoms with van der Waals surface area (Å²) in [4.78, 5) is 23.7. The number of ether oxygens (including phenoxy) is 2. The van der Waals surface area contributed by atoms with Gasteiger partial charge in [-0.2, -0.15) is 0 Å². The maximum atomic E-state index is 12.3. The number of amides is 1. The van der Waals surface area contributed by atoms with Crippen LogP contribution in [0.3, 0.4) is 0 Å². The molecule has 2 rings (SSSR count). The van der Waals surface area contributed by atoms with Gasteiger partial charge in [0.1, 0.15) is 18.4 Å². The molecule has 0 aliphatic carbocycles. The summed E-state index contributed by atoms with van der Waals surface area (Å²) in [5.41, 5.74) is 1.22. The molecule has 132 valence electrons. The smallest absolute Gasteiger partial charge is 0.326 e. The van der Waals surface area contributed by atoms with Crippen LogP contribution in [0.1, 0.15) is 15.9 Å². The van der Waals surface area contributed by atoms with Crippen molar-refractivity contribution in [2.75, 3.05) is 20.3 Å². The molecular weight excluding hydrogens is 322 g/mol. The normalized spacial score (nSPS) is 11.6. The van der Waals surface area contributed by atoms with Crippen molar-refractivity contribution in [2.45, 2.75) is 12.5 Å². The van der Waals surface area contributed by atoms with Gasteiger partial charge in [-0.25, -0.2) is 4.79 Å². The van der Waals surface area contributed by atoms with Gasteiger partial charge >= 0.3 is 5.97 Å². The first kappa shape index (κ1) is 18.5. The van der Waals surface area contributed by atoms with E-state index in [1.54, 1.807) is 31.4 Å². The van der Waals surface area contributed by atoms with Crippen molar-refractivity contribution in [3.8, 4) is 5.75 Å². The van der Waals surface area contributed by atoms with Crippen molar-refractivity contribution in [3.63, 3.8) is 0 Å². The molecule has 25 heavy (non-hydrogen) atoms. The summed E-state index contributed by atoms with van der Waals surface area (Å²) in [6.45, 7) is 0.891. The second-order valence-corrected chi connectivity index (χ2v) is 5.42. The van der Waals surface area contributed by atoms with Crippen LogP contribution in [-0.2, 0) is 16.0 Å². The third-order valence-corrected chi connectivity index (χ3v) is 3.56. The summed E-state index contributed by atoms with van der Waals surface area (Å²) < 4.78 is 10.3. The van der Waals surface area contributed by atoms with Crippen molar-refractivity contribution in [1.82, 2.24) is 5.32 Å². The quantitative estimate of drug-likeness (QED) is 0.682. The van der Waals surface area contributed by atoms with Crippen LogP contribution in [0.2, 0.25) is 0 Å². The van der Waals surface area contributed by atoms with Gasteiger partial charge in [-0.1, -0.05) is 30.3 Å². The Morgan fingerprint density at radius 2 is 1.72 bits per heavy atom. The van der Waals surface area contributed by atoms with Crippen molar-refractivity contribution >= 4 is 11.9 Å². The maximum Gasteiger partial charge on any atom is 0.326 e. The topological polar surface area (TPSA) is 84.9 Å². The molecule has 6 heteroatoms. The lowest BCUT2D eigenvalue weighted by molar-refractivity contribution is -0.139. The van der Waals surface area contributed by atoms with Gasteiger partial charge in [0, 0.05) is 19.1 Å². The Labute approximate surface area is 146 Å². The third-order valence-electron chi connectivity index (χ3n) is 3.56. The molecule has 1 amide bonds. The number of carbonyl (C=O) groups excluding carboxylic acids is 1. The first-order chi connectivity index (χ1) is 12.1. The van der Waals surface area contributed by atoms with Crippen LogP contribution in [-0.4, -0.2) is 43.3 Å². The van der Waals surface area contributed by atoms with Crippen LogP contribution in [0.4, 0.5) is 0 Å². The van der Waals surface area contributed by atoms with Crippen molar-refractivity contribution in [1.29, 1.82) is 0 Å². The van der Waals surface area contributed by atoms with E-state index in [9.17, 15) is 14.7 Å². The Morgan fingerprint density at radius 1 is 1.04 bits per heavy atom. The summed E-state index contributed by atoms with van der Waals surface area (Å²) >= 11 is 0. The van der Waals surface area contributed by atoms with E-state index < -0.39 is 17.9 Å². The van der Waals surface area contributed by atoms with Gasteiger partial charge in [-0.05, 0) is 29.8 Å². The molecule has 0 radical (unpaired) electrons. The second-order valence-electron chi connectivity index (χ2n) is 5.42. The summed E-state index contributed by atoms with van der Waals surface area (Å²) in [5, 5.41) is 11.9. The highest BCUT2D eigenvalue weighted by molar-refractivity contribution is 5.96. The van der Waals surface area contributed by atoms with Crippen molar-refractivity contribution in [2.24, 2.45) is 0 Å². The predicted octanol–water partition coefficient (Wildman–Crippen LogP) is 2.14. The largest absolute Gasteiger partial charge is 0.491 e. The van der Waals surface area contributed by atoms with Crippen LogP contribution in [0.15, 0.2) is 54.6 Å². The Kier molecular flexibility index (Phi) is 6.98. The van der Waals surface area contributed by atoms with E-state index in [4.69, 9.17) is 9.47 Å². The monoisotopic (exact) mass is 343 g/mol. The Balaban J connectivity index is 1.97. The fraction of sp³-hybridized carbons (Fsp3) is 0.263. The van der Waals surface area contributed by atoms with Crippen LogP contribution in [0.5, 0.6) is 5.75 Å². The van der Waals surface area contributed by atoms with Gasteiger partial charge in [-0.3, -0.25) is 4.79 Å². The first-order valence-electron chi connectivity index (χ1n) is 7.89. The van der Waals surface area contributed by atoms with Crippen molar-refractivity contribution in [3.05, 3.63) is 65.7 Å². The molecule has 1 atom stereocenters. The van der Waals surface area contributed by atoms with Crippen LogP contribution in [0, 0.1) is 0 Å². The molecule has 0 unspecified atom stereocenters. The Bertz CT molecular complexity index is 685. The summed E-state index contributed by atoms with van der Waals surface area (Å²) in [6.07, 6.45) is 0.222. The highest BCUT2D eigenvalue weighted by Gasteiger charge is 2.21. The average Bonchev–Trinajstić information content (AvgIpc) is 2.62. The van der Waals surface area contributed by atoms with Gasteiger partial charge in [0.2, 0.25) is 0 Å². The van der Waals surface area contributed by atoms with E-state index in [0.717, 1.165) is 5.56 Å². The molecule has 6 nitrogen and oxygen atoms in total. The van der Waals surface area contributed by atoms with Crippen LogP contribution < -0.4 is 10.1 Å². The van der Waals surface area contributed by atoms with E-state index >= 15 is 0 Å². The third kappa shape index (κ3) is 5.93. The number of rotatable bonds is 9. The minimum atomic E-state index is -1.07. The number of hydrogen-bond acceptors (Lipinski definition) is 4. The Hall–Kier alpha value is -2.86. The van der Waals surface area contributed by atoms with Gasteiger partial charge in [0.15, 0.2) is 0 Å². The highest BCUT2D eigenvalue weighted by atomic mass is 16.5. The van der Waals surface area contributed by atoms with E-state index in [1.165, 1.54) is 0 Å². The number of carbonyl (C=O) groups is 2. The number of benzene rings is 2. The van der Waals surface area contributed by atoms with E-state index in [0.29, 0.717) is 24.5 Å². The fourth-order valence-corrected chi connectivity index (χ4v) is 2.24. The number of hydrogen-bond donors (Lipinski definition) is 2. The number of methoxy groups -OCH3 is 1. The minimum absolute atomic E-state index is 0.222. The van der Waals surface area contributed by atoms with Crippen molar-refractivity contribution < 1.29 is 24.2 Å². The molecule has 2 aromatic rings. The molecular formula is C19H21NO5. The molecule has 0 fully saturated rings. The van der Waals surface area contributed by atoms with Gasteiger partial charge in [0.05, 0.1) is 6.61 Å². The zero-order valence-electron chi connectivity index (χ0n) is 14.0. The lowest BCUT2D eigenvalue weighted by atomic mass is 10.1. The van der Waals surface area contributed by atoms with Crippen LogP contribution in [0.25, 0.3) is 0 Å². The van der Waals surface area contributed by atoms with Gasteiger partial charge < -0.3 is 19.9 Å². The standard InChI is InChI=1S/C19H21NO5/c1-24-11-12-25-16-9-7-15(8-10-16)18(21)20-17(19(22)23)13-14-5-3-2-4-6-14/h2-10,17H,11-13H2,1H3,(H,20,21)(H,22,23)/t17-/m0/s1. The maximum absolute atomic E-state index is 12.3. The molecule has 0 saturated carbocycles. The molecule has 2 aromatic carbocycles. The van der Waals surface area contributed by atoms with Gasteiger partial charge in [-0.15, -0.1) is 0 Å². The number of carboxylic acid groups (broad SMARTS) is 1. The van der Waals surface area contributed by atoms with E-state index in [1.807, 2.05) is 30.3 Å². The summed E-state index contributed by atoms with van der Waals surface area (Å²) in [6, 6.07) is 14.7. The Morgan fingerprint density at radius 3 is 2.32 bits per heavy atom. The number of aliphatic carboxylic acids is 1. The zero-order valence-corrected chi connectivity index (χ0v) is 14.0. The molecule has 0 heterocycles. The number of carboxylic acids is 1. The lowest BCUT2D eigenvalue weighted by Crippen LogP contribution is -2.42. The fourth-order valence-electron chi connectivity index (χ4n) is 2.24. The van der Waals surface area contributed by atoms with Crippen LogP contribution >= 0.6 is 0 Å². The molecule has 2 N–H and O–H groups in total. The zero-order chi connectivity index (χ0) is 18.1. The molecule has 0 bridgehead atoms. The molecule has 0 spiro atoms. The lowest BCUT2D eigenvalue weighted by Gasteiger charge is -2.15. The molecule has 0 saturated heterocycles. The molecule has 0 aromatic heterocycles. The average molecular weight is 343 g/mol. The predicted molar refractivity (Wildman–Crippen MR) is 92.8 cm³/mol. The molecule has 0 aliphatic heterocycles. The summed E-state index contributed by atoms with van der Waals surface area (Å²) in [5.74, 6) is -0.892. The number of nitrogens with one attached hydrogen (secondary N) is 1. The van der Waals surface area contributed by atoms with E-state index in [-0.39, 0.29) is 6.42 Å². The van der Waals surface area contributed by atoms with Gasteiger partial charge in [0.25, 0.3) is 5.91 Å². The molecule has 0 aliphatic rings. The highest BCUT2D eigenvalue weighted by Crippen LogP contribution is 2.13. The second kappa shape index (κ2) is 9.44. The first-order valence-corrected chi connectivity index (χ1v) is 7.89. The summed E-state index contributed by atoms with van der Waals surface area (Å²) in [7, 11) is 1.59. The SMILES string of the molecule is COCCOc1ccc(C(=O)N[C@@H](Cc2ccccc2)C(=O)O)cc1. The minimum Gasteiger partial charge on any atom is -0.491 e.